The maximum atomic E-state index is 2.43. The van der Waals surface area contributed by atoms with Crippen molar-refractivity contribution in [3.8, 4) is 0 Å². The SMILES string of the molecule is CC1(C)C=CC(C)(C)C12c1ccccc1N(c1ccccc1)c1ccccc12. The Morgan fingerprint density at radius 2 is 0.964 bits per heavy atom. The molecule has 1 spiro atoms. The Hall–Kier alpha value is -2.80. The van der Waals surface area contributed by atoms with Crippen LogP contribution >= 0.6 is 0 Å². The van der Waals surface area contributed by atoms with E-state index in [0.29, 0.717) is 0 Å². The smallest absolute Gasteiger partial charge is 0.0503 e. The highest BCUT2D eigenvalue weighted by Crippen LogP contribution is 2.68. The predicted molar refractivity (Wildman–Crippen MR) is 119 cm³/mol. The van der Waals surface area contributed by atoms with Crippen molar-refractivity contribution in [2.75, 3.05) is 4.90 Å². The van der Waals surface area contributed by atoms with E-state index in [9.17, 15) is 0 Å². The fourth-order valence-electron chi connectivity index (χ4n) is 5.99. The first-order valence-electron chi connectivity index (χ1n) is 10.1. The first-order chi connectivity index (χ1) is 13.4. The molecule has 0 atom stereocenters. The summed E-state index contributed by atoms with van der Waals surface area (Å²) in [6.07, 6.45) is 4.86. The first kappa shape index (κ1) is 17.3. The van der Waals surface area contributed by atoms with E-state index in [0.717, 1.165) is 0 Å². The van der Waals surface area contributed by atoms with E-state index in [1.807, 2.05) is 0 Å². The molecular formula is C27H27N. The maximum absolute atomic E-state index is 2.43. The van der Waals surface area contributed by atoms with Gasteiger partial charge in [0.1, 0.15) is 0 Å². The molecule has 3 aromatic rings. The Morgan fingerprint density at radius 1 is 0.536 bits per heavy atom. The van der Waals surface area contributed by atoms with Crippen molar-refractivity contribution >= 4 is 17.1 Å². The monoisotopic (exact) mass is 365 g/mol. The summed E-state index contributed by atoms with van der Waals surface area (Å²) in [5.41, 5.74) is 6.51. The third-order valence-electron chi connectivity index (χ3n) is 6.96. The lowest BCUT2D eigenvalue weighted by atomic mass is 9.50. The Balaban J connectivity index is 1.92. The zero-order valence-corrected chi connectivity index (χ0v) is 17.1. The number of fused-ring (bicyclic) bond motifs is 4. The molecule has 3 aromatic carbocycles. The van der Waals surface area contributed by atoms with Crippen molar-refractivity contribution in [2.45, 2.75) is 33.1 Å². The normalized spacial score (nSPS) is 20.1. The van der Waals surface area contributed by atoms with Crippen LogP contribution < -0.4 is 4.90 Å². The minimum atomic E-state index is -0.113. The Bertz CT molecular complexity index is 1000. The lowest BCUT2D eigenvalue weighted by molar-refractivity contribution is 0.167. The number of nitrogens with zero attached hydrogens (tertiary/aromatic N) is 1. The molecule has 1 heteroatoms. The summed E-state index contributed by atoms with van der Waals surface area (Å²) in [6.45, 7) is 9.57. The van der Waals surface area contributed by atoms with Crippen LogP contribution in [0.4, 0.5) is 17.1 Å². The minimum Gasteiger partial charge on any atom is -0.310 e. The van der Waals surface area contributed by atoms with Gasteiger partial charge in [-0.05, 0) is 46.2 Å². The van der Waals surface area contributed by atoms with Gasteiger partial charge in [-0.1, -0.05) is 94.4 Å². The third-order valence-corrected chi connectivity index (χ3v) is 6.96. The van der Waals surface area contributed by atoms with Crippen LogP contribution in [0, 0.1) is 10.8 Å². The number of benzene rings is 3. The van der Waals surface area contributed by atoms with Crippen LogP contribution in [0.15, 0.2) is 91.0 Å². The molecule has 1 heterocycles. The summed E-state index contributed by atoms with van der Waals surface area (Å²) in [5, 5.41) is 0. The van der Waals surface area contributed by atoms with Gasteiger partial charge in [-0.2, -0.15) is 0 Å². The van der Waals surface area contributed by atoms with Crippen LogP contribution in [0.1, 0.15) is 38.8 Å². The Labute approximate surface area is 168 Å². The molecule has 2 aliphatic rings. The fraction of sp³-hybridized carbons (Fsp3) is 0.259. The molecule has 0 fully saturated rings. The number of rotatable bonds is 1. The standard InChI is InChI=1S/C27H27N/c1-25(2)18-19-26(3,4)27(25)21-14-8-10-16-23(21)28(20-12-6-5-7-13-20)24-17-11-9-15-22(24)27/h5-19H,1-4H3. The van der Waals surface area contributed by atoms with Gasteiger partial charge in [0.2, 0.25) is 0 Å². The van der Waals surface area contributed by atoms with E-state index in [-0.39, 0.29) is 16.2 Å². The van der Waals surface area contributed by atoms with Crippen molar-refractivity contribution < 1.29 is 0 Å². The lowest BCUT2D eigenvalue weighted by Gasteiger charge is -2.56. The van der Waals surface area contributed by atoms with Crippen molar-refractivity contribution in [1.29, 1.82) is 0 Å². The van der Waals surface area contributed by atoms with Crippen molar-refractivity contribution in [2.24, 2.45) is 10.8 Å². The van der Waals surface area contributed by atoms with Gasteiger partial charge < -0.3 is 4.90 Å². The van der Waals surface area contributed by atoms with Crippen LogP contribution in [0.25, 0.3) is 0 Å². The third kappa shape index (κ3) is 1.97. The molecule has 0 radical (unpaired) electrons. The average Bonchev–Trinajstić information content (AvgIpc) is 2.89. The molecule has 140 valence electrons. The number of anilines is 3. The largest absolute Gasteiger partial charge is 0.310 e. The van der Waals surface area contributed by atoms with Gasteiger partial charge in [-0.25, -0.2) is 0 Å². The molecular weight excluding hydrogens is 338 g/mol. The van der Waals surface area contributed by atoms with Crippen LogP contribution in [0.5, 0.6) is 0 Å². The van der Waals surface area contributed by atoms with Gasteiger partial charge in [0.05, 0.1) is 11.4 Å². The van der Waals surface area contributed by atoms with Crippen LogP contribution in [-0.2, 0) is 5.41 Å². The van der Waals surface area contributed by atoms with Gasteiger partial charge >= 0.3 is 0 Å². The van der Waals surface area contributed by atoms with Gasteiger partial charge in [-0.3, -0.25) is 0 Å². The lowest BCUT2D eigenvalue weighted by Crippen LogP contribution is -2.51. The van der Waals surface area contributed by atoms with E-state index < -0.39 is 0 Å². The Kier molecular flexibility index (Phi) is 3.47. The average molecular weight is 366 g/mol. The van der Waals surface area contributed by atoms with E-state index in [2.05, 4.69) is 124 Å². The first-order valence-corrected chi connectivity index (χ1v) is 10.1. The second-order valence-electron chi connectivity index (χ2n) is 9.23. The minimum absolute atomic E-state index is 0.00544. The topological polar surface area (TPSA) is 3.24 Å². The molecule has 1 aliphatic heterocycles. The van der Waals surface area contributed by atoms with Gasteiger partial charge in [0, 0.05) is 11.1 Å². The molecule has 0 amide bonds. The second kappa shape index (κ2) is 5.61. The molecule has 28 heavy (non-hydrogen) atoms. The molecule has 0 bridgehead atoms. The van der Waals surface area contributed by atoms with E-state index >= 15 is 0 Å². The summed E-state index contributed by atoms with van der Waals surface area (Å²) in [7, 11) is 0. The predicted octanol–water partition coefficient (Wildman–Crippen LogP) is 7.38. The van der Waals surface area contributed by atoms with Gasteiger partial charge in [0.25, 0.3) is 0 Å². The van der Waals surface area contributed by atoms with Crippen molar-refractivity contribution in [3.05, 3.63) is 102 Å². The molecule has 0 saturated heterocycles. The highest BCUT2D eigenvalue weighted by molar-refractivity contribution is 5.87. The van der Waals surface area contributed by atoms with Crippen LogP contribution in [-0.4, -0.2) is 0 Å². The number of allylic oxidation sites excluding steroid dienone is 2. The van der Waals surface area contributed by atoms with E-state index in [1.165, 1.54) is 28.2 Å². The highest BCUT2D eigenvalue weighted by Gasteiger charge is 2.61. The number of hydrogen-bond donors (Lipinski definition) is 0. The molecule has 0 aromatic heterocycles. The summed E-state index contributed by atoms with van der Waals surface area (Å²) < 4.78 is 0. The Morgan fingerprint density at radius 3 is 1.46 bits per heavy atom. The van der Waals surface area contributed by atoms with Gasteiger partial charge in [0.15, 0.2) is 0 Å². The highest BCUT2D eigenvalue weighted by atomic mass is 15.2. The summed E-state index contributed by atoms with van der Waals surface area (Å²) >= 11 is 0. The quantitative estimate of drug-likeness (QED) is 0.407. The number of hydrogen-bond acceptors (Lipinski definition) is 1. The zero-order valence-electron chi connectivity index (χ0n) is 17.1. The number of para-hydroxylation sites is 3. The van der Waals surface area contributed by atoms with E-state index in [1.54, 1.807) is 0 Å². The molecule has 0 saturated carbocycles. The second-order valence-corrected chi connectivity index (χ2v) is 9.23. The summed E-state index contributed by atoms with van der Waals surface area (Å²) in [5.74, 6) is 0. The molecule has 5 rings (SSSR count). The van der Waals surface area contributed by atoms with Crippen LogP contribution in [0.2, 0.25) is 0 Å². The maximum Gasteiger partial charge on any atom is 0.0503 e. The summed E-state index contributed by atoms with van der Waals surface area (Å²) in [4.78, 5) is 2.43. The van der Waals surface area contributed by atoms with E-state index in [4.69, 9.17) is 0 Å². The van der Waals surface area contributed by atoms with Gasteiger partial charge in [-0.15, -0.1) is 0 Å². The fourth-order valence-corrected chi connectivity index (χ4v) is 5.99. The zero-order chi connectivity index (χ0) is 19.6. The summed E-state index contributed by atoms with van der Waals surface area (Å²) in [6, 6.07) is 28.7. The van der Waals surface area contributed by atoms with Crippen molar-refractivity contribution in [3.63, 3.8) is 0 Å². The molecule has 0 N–H and O–H groups in total. The molecule has 0 unspecified atom stereocenters. The molecule has 1 nitrogen and oxygen atoms in total. The van der Waals surface area contributed by atoms with Crippen molar-refractivity contribution in [1.82, 2.24) is 0 Å². The van der Waals surface area contributed by atoms with Crippen LogP contribution in [0.3, 0.4) is 0 Å². The molecule has 1 aliphatic carbocycles.